The molecular formula is C10H18. The van der Waals surface area contributed by atoms with Crippen molar-refractivity contribution in [2.45, 2.75) is 33.1 Å². The lowest BCUT2D eigenvalue weighted by Crippen LogP contribution is -2.04. The van der Waals surface area contributed by atoms with Crippen LogP contribution < -0.4 is 0 Å². The Kier molecular flexibility index (Phi) is 2.76. The van der Waals surface area contributed by atoms with Crippen LogP contribution in [0.5, 0.6) is 0 Å². The first-order valence-corrected chi connectivity index (χ1v) is 4.36. The van der Waals surface area contributed by atoms with Gasteiger partial charge in [0.15, 0.2) is 0 Å². The van der Waals surface area contributed by atoms with Crippen molar-refractivity contribution < 1.29 is 0 Å². The molecule has 0 saturated heterocycles. The Labute approximate surface area is 65.0 Å². The minimum absolute atomic E-state index is 0.844. The van der Waals surface area contributed by atoms with E-state index in [2.05, 4.69) is 27.2 Å². The molecule has 2 unspecified atom stereocenters. The maximum absolute atomic E-state index is 3.94. The molecule has 0 aliphatic heterocycles. The summed E-state index contributed by atoms with van der Waals surface area (Å²) in [5.74, 6) is 2.62. The Bertz CT molecular complexity index is 94.2. The van der Waals surface area contributed by atoms with Gasteiger partial charge in [0.2, 0.25) is 0 Å². The third-order valence-electron chi connectivity index (χ3n) is 2.64. The van der Waals surface area contributed by atoms with E-state index in [0.717, 1.165) is 24.2 Å². The van der Waals surface area contributed by atoms with Gasteiger partial charge in [-0.05, 0) is 37.0 Å². The molecule has 58 valence electrons. The zero-order valence-electron chi connectivity index (χ0n) is 7.14. The van der Waals surface area contributed by atoms with Gasteiger partial charge in [-0.2, -0.15) is 0 Å². The summed E-state index contributed by atoms with van der Waals surface area (Å²) in [6.45, 7) is 8.57. The van der Waals surface area contributed by atoms with Crippen LogP contribution in [-0.4, -0.2) is 0 Å². The molecule has 0 N–H and O–H groups in total. The maximum atomic E-state index is 3.94. The van der Waals surface area contributed by atoms with Gasteiger partial charge >= 0.3 is 0 Å². The van der Waals surface area contributed by atoms with Crippen LogP contribution in [0.25, 0.3) is 0 Å². The first-order valence-electron chi connectivity index (χ1n) is 4.36. The van der Waals surface area contributed by atoms with Crippen LogP contribution in [-0.2, 0) is 0 Å². The predicted octanol–water partition coefficient (Wildman–Crippen LogP) is 3.10. The van der Waals surface area contributed by atoms with Crippen molar-refractivity contribution in [2.75, 3.05) is 0 Å². The van der Waals surface area contributed by atoms with Gasteiger partial charge in [0.05, 0.1) is 0 Å². The van der Waals surface area contributed by atoms with Crippen molar-refractivity contribution in [3.05, 3.63) is 13.3 Å². The van der Waals surface area contributed by atoms with Crippen LogP contribution in [0.2, 0.25) is 0 Å². The molecule has 0 heterocycles. The van der Waals surface area contributed by atoms with Crippen molar-refractivity contribution in [1.82, 2.24) is 0 Å². The molecule has 1 saturated carbocycles. The minimum Gasteiger partial charge on any atom is -0.0625 e. The zero-order valence-corrected chi connectivity index (χ0v) is 7.14. The Balaban J connectivity index is 2.28. The summed E-state index contributed by atoms with van der Waals surface area (Å²) < 4.78 is 0. The van der Waals surface area contributed by atoms with Gasteiger partial charge < -0.3 is 0 Å². The Morgan fingerprint density at radius 1 is 1.60 bits per heavy atom. The van der Waals surface area contributed by atoms with E-state index in [-0.39, 0.29) is 0 Å². The van der Waals surface area contributed by atoms with Gasteiger partial charge in [-0.15, -0.1) is 0 Å². The smallest absolute Gasteiger partial charge is 0.0349 e. The van der Waals surface area contributed by atoms with Crippen LogP contribution in [0.4, 0.5) is 0 Å². The molecule has 2 atom stereocenters. The molecule has 0 heteroatoms. The van der Waals surface area contributed by atoms with E-state index in [1.807, 2.05) is 0 Å². The fourth-order valence-electron chi connectivity index (χ4n) is 1.72. The van der Waals surface area contributed by atoms with Crippen molar-refractivity contribution >= 4 is 0 Å². The average molecular weight is 138 g/mol. The molecule has 0 aromatic rings. The molecule has 0 aromatic heterocycles. The third kappa shape index (κ3) is 1.74. The van der Waals surface area contributed by atoms with Crippen molar-refractivity contribution in [3.63, 3.8) is 0 Å². The molecule has 1 aliphatic rings. The highest BCUT2D eigenvalue weighted by atomic mass is 14.3. The van der Waals surface area contributed by atoms with Gasteiger partial charge in [-0.1, -0.05) is 27.2 Å². The summed E-state index contributed by atoms with van der Waals surface area (Å²) in [4.78, 5) is 0. The molecule has 0 amide bonds. The van der Waals surface area contributed by atoms with E-state index >= 15 is 0 Å². The van der Waals surface area contributed by atoms with Crippen LogP contribution in [0, 0.1) is 31.1 Å². The van der Waals surface area contributed by atoms with Crippen molar-refractivity contribution in [3.8, 4) is 0 Å². The van der Waals surface area contributed by atoms with Gasteiger partial charge in [0.1, 0.15) is 0 Å². The Morgan fingerprint density at radius 3 is 2.60 bits per heavy atom. The molecule has 0 bridgehead atoms. The average Bonchev–Trinajstić information content (AvgIpc) is 2.34. The highest BCUT2D eigenvalue weighted by molar-refractivity contribution is 4.90. The first-order chi connectivity index (χ1) is 4.74. The van der Waals surface area contributed by atoms with Gasteiger partial charge in [0.25, 0.3) is 0 Å². The lowest BCUT2D eigenvalue weighted by atomic mass is 9.93. The highest BCUT2D eigenvalue weighted by Gasteiger charge is 2.25. The zero-order chi connectivity index (χ0) is 7.56. The van der Waals surface area contributed by atoms with E-state index in [4.69, 9.17) is 0 Å². The molecule has 1 fully saturated rings. The summed E-state index contributed by atoms with van der Waals surface area (Å²) in [5.41, 5.74) is 0. The van der Waals surface area contributed by atoms with Crippen LogP contribution >= 0.6 is 0 Å². The molecule has 0 spiro atoms. The largest absolute Gasteiger partial charge is 0.0625 e. The van der Waals surface area contributed by atoms with Gasteiger partial charge in [-0.3, -0.25) is 0 Å². The Morgan fingerprint density at radius 2 is 2.30 bits per heavy atom. The number of hydrogen-bond donors (Lipinski definition) is 0. The summed E-state index contributed by atoms with van der Waals surface area (Å²) in [6, 6.07) is 0. The molecule has 1 rings (SSSR count). The third-order valence-corrected chi connectivity index (χ3v) is 2.64. The second-order valence-electron chi connectivity index (χ2n) is 3.77. The highest BCUT2D eigenvalue weighted by Crippen LogP contribution is 2.35. The monoisotopic (exact) mass is 138 g/mol. The van der Waals surface area contributed by atoms with E-state index in [9.17, 15) is 0 Å². The summed E-state index contributed by atoms with van der Waals surface area (Å²) in [6.07, 6.45) is 6.31. The fraction of sp³-hybridized carbons (Fsp3) is 0.800. The summed E-state index contributed by atoms with van der Waals surface area (Å²) >= 11 is 0. The molecular weight excluding hydrogens is 120 g/mol. The quantitative estimate of drug-likeness (QED) is 0.550. The minimum atomic E-state index is 0.844. The predicted molar refractivity (Wildman–Crippen MR) is 45.3 cm³/mol. The first kappa shape index (κ1) is 8.10. The maximum Gasteiger partial charge on any atom is -0.0349 e. The fourth-order valence-corrected chi connectivity index (χ4v) is 1.72. The lowest BCUT2D eigenvalue weighted by molar-refractivity contribution is 0.409. The molecule has 0 aromatic carbocycles. The second kappa shape index (κ2) is 3.41. The second-order valence-corrected chi connectivity index (χ2v) is 3.77. The van der Waals surface area contributed by atoms with Gasteiger partial charge in [-0.25, -0.2) is 0 Å². The molecule has 2 radical (unpaired) electrons. The lowest BCUT2D eigenvalue weighted by Gasteiger charge is -2.13. The van der Waals surface area contributed by atoms with E-state index in [0.29, 0.717) is 0 Å². The summed E-state index contributed by atoms with van der Waals surface area (Å²) in [7, 11) is 0. The van der Waals surface area contributed by atoms with Crippen LogP contribution in [0.15, 0.2) is 0 Å². The normalized spacial score (nSPS) is 33.6. The molecule has 1 aliphatic carbocycles. The van der Waals surface area contributed by atoms with Crippen LogP contribution in [0.1, 0.15) is 33.1 Å². The molecule has 0 nitrogen and oxygen atoms in total. The van der Waals surface area contributed by atoms with E-state index < -0.39 is 0 Å². The van der Waals surface area contributed by atoms with E-state index in [1.165, 1.54) is 12.8 Å². The summed E-state index contributed by atoms with van der Waals surface area (Å²) in [5, 5.41) is 0. The number of rotatable bonds is 2. The standard InChI is InChI=1S/C10H18/c1-4-9-5-6-10(7-9)8(2)3/h6,8-10H,1,4-5,7H2,2-3H3. The van der Waals surface area contributed by atoms with Gasteiger partial charge in [0, 0.05) is 0 Å². The van der Waals surface area contributed by atoms with Crippen molar-refractivity contribution in [2.24, 2.45) is 17.8 Å². The topological polar surface area (TPSA) is 0 Å². The van der Waals surface area contributed by atoms with E-state index in [1.54, 1.807) is 0 Å². The van der Waals surface area contributed by atoms with Crippen molar-refractivity contribution in [1.29, 1.82) is 0 Å². The Hall–Kier alpha value is 0. The van der Waals surface area contributed by atoms with Crippen LogP contribution in [0.3, 0.4) is 0 Å². The SMILES string of the molecule is [CH2]CC1C[CH]C(C(C)C)C1. The molecule has 10 heavy (non-hydrogen) atoms. The number of hydrogen-bond acceptors (Lipinski definition) is 0.